The van der Waals surface area contributed by atoms with Crippen LogP contribution in [0.4, 0.5) is 8.78 Å². The summed E-state index contributed by atoms with van der Waals surface area (Å²) in [6, 6.07) is 3.52. The third-order valence-electron chi connectivity index (χ3n) is 4.83. The molecular weight excluding hydrogens is 414 g/mol. The molecule has 0 bridgehead atoms. The van der Waals surface area contributed by atoms with Crippen LogP contribution >= 0.6 is 24.4 Å². The third-order valence-corrected chi connectivity index (χ3v) is 5.55. The molecule has 0 unspecified atom stereocenters. The molecule has 1 aromatic carbocycles. The van der Waals surface area contributed by atoms with E-state index in [9.17, 15) is 13.6 Å². The van der Waals surface area contributed by atoms with Gasteiger partial charge in [0.15, 0.2) is 11.6 Å². The van der Waals surface area contributed by atoms with Gasteiger partial charge in [-0.1, -0.05) is 63.1 Å². The molecule has 0 spiro atoms. The molecule has 8 heteroatoms. The van der Waals surface area contributed by atoms with Gasteiger partial charge in [0.1, 0.15) is 12.6 Å². The van der Waals surface area contributed by atoms with Crippen LogP contribution in [0, 0.1) is 17.6 Å². The Hall–Kier alpha value is -1.93. The molecule has 1 fully saturated rings. The zero-order valence-electron chi connectivity index (χ0n) is 16.6. The van der Waals surface area contributed by atoms with Crippen LogP contribution < -0.4 is 5.32 Å². The van der Waals surface area contributed by atoms with Crippen LogP contribution in [0.15, 0.2) is 30.9 Å². The number of esters is 1. The van der Waals surface area contributed by atoms with Crippen molar-refractivity contribution in [2.75, 3.05) is 6.61 Å². The maximum atomic E-state index is 14.1. The van der Waals surface area contributed by atoms with Crippen molar-refractivity contribution in [2.24, 2.45) is 5.92 Å². The molecule has 2 rings (SSSR count). The molecule has 1 aliphatic heterocycles. The zero-order valence-corrected chi connectivity index (χ0v) is 18.3. The van der Waals surface area contributed by atoms with Gasteiger partial charge in [0.2, 0.25) is 0 Å². The highest BCUT2D eigenvalue weighted by molar-refractivity contribution is 7.80. The number of halogens is 2. The summed E-state index contributed by atoms with van der Waals surface area (Å²) >= 11 is 10.9. The molecule has 1 aliphatic rings. The highest BCUT2D eigenvalue weighted by atomic mass is 32.1. The summed E-state index contributed by atoms with van der Waals surface area (Å²) in [6.07, 6.45) is 3.43. The Labute approximate surface area is 181 Å². The normalized spacial score (nSPS) is 17.3. The number of rotatable bonds is 9. The van der Waals surface area contributed by atoms with Crippen molar-refractivity contribution in [1.82, 2.24) is 10.2 Å². The van der Waals surface area contributed by atoms with Gasteiger partial charge in [0.25, 0.3) is 0 Å². The first-order valence-corrected chi connectivity index (χ1v) is 10.4. The topological polar surface area (TPSA) is 41.6 Å². The molecular formula is C21H26F2N2O2S2. The number of benzene rings is 1. The van der Waals surface area contributed by atoms with Gasteiger partial charge in [0.05, 0.1) is 9.98 Å². The molecule has 0 amide bonds. The summed E-state index contributed by atoms with van der Waals surface area (Å²) in [4.78, 5) is 15.3. The number of ether oxygens (including phenoxy) is 1. The van der Waals surface area contributed by atoms with Gasteiger partial charge in [0, 0.05) is 24.6 Å². The fourth-order valence-corrected chi connectivity index (χ4v) is 3.90. The van der Waals surface area contributed by atoms with Crippen LogP contribution in [-0.2, 0) is 16.1 Å². The lowest BCUT2D eigenvalue weighted by Gasteiger charge is -2.29. The second-order valence-corrected chi connectivity index (χ2v) is 8.30. The van der Waals surface area contributed by atoms with Gasteiger partial charge in [-0.3, -0.25) is 0 Å². The molecule has 0 saturated carbocycles. The SMILES string of the molecule is C=CCOC(=O)[C@@H](NC(=S)C[C@@H]1CCC(=S)N1Cc1cccc(F)c1F)C(C)C. The van der Waals surface area contributed by atoms with Gasteiger partial charge >= 0.3 is 5.97 Å². The molecule has 1 aromatic rings. The maximum Gasteiger partial charge on any atom is 0.329 e. The fraction of sp³-hybridized carbons (Fsp3) is 0.476. The number of carbonyl (C=O) groups excluding carboxylic acids is 1. The summed E-state index contributed by atoms with van der Waals surface area (Å²) in [5.74, 6) is -2.14. The van der Waals surface area contributed by atoms with E-state index in [1.807, 2.05) is 18.7 Å². The number of thiocarbonyl (C=S) groups is 2. The van der Waals surface area contributed by atoms with Crippen molar-refractivity contribution in [2.45, 2.75) is 51.7 Å². The van der Waals surface area contributed by atoms with Crippen molar-refractivity contribution in [1.29, 1.82) is 0 Å². The minimum Gasteiger partial charge on any atom is -0.460 e. The van der Waals surface area contributed by atoms with Crippen molar-refractivity contribution in [3.05, 3.63) is 48.1 Å². The minimum absolute atomic E-state index is 0.0209. The van der Waals surface area contributed by atoms with E-state index in [-0.39, 0.29) is 36.6 Å². The van der Waals surface area contributed by atoms with Crippen LogP contribution in [0.25, 0.3) is 0 Å². The monoisotopic (exact) mass is 440 g/mol. The molecule has 0 aliphatic carbocycles. The summed E-state index contributed by atoms with van der Waals surface area (Å²) < 4.78 is 32.8. The van der Waals surface area contributed by atoms with Crippen molar-refractivity contribution >= 4 is 40.4 Å². The lowest BCUT2D eigenvalue weighted by atomic mass is 10.0. The molecule has 29 heavy (non-hydrogen) atoms. The van der Waals surface area contributed by atoms with E-state index in [0.29, 0.717) is 22.8 Å². The van der Waals surface area contributed by atoms with Gasteiger partial charge in [-0.05, 0) is 24.8 Å². The first kappa shape index (κ1) is 23.3. The molecule has 1 heterocycles. The summed E-state index contributed by atoms with van der Waals surface area (Å²) in [5.41, 5.74) is 0.256. The Morgan fingerprint density at radius 2 is 2.17 bits per heavy atom. The number of carbonyl (C=O) groups is 1. The van der Waals surface area contributed by atoms with Crippen LogP contribution in [0.5, 0.6) is 0 Å². The van der Waals surface area contributed by atoms with Crippen molar-refractivity contribution in [3.63, 3.8) is 0 Å². The first-order chi connectivity index (χ1) is 13.7. The average Bonchev–Trinajstić information content (AvgIpc) is 3.00. The number of hydrogen-bond donors (Lipinski definition) is 1. The van der Waals surface area contributed by atoms with Gasteiger partial charge in [-0.25, -0.2) is 13.6 Å². The minimum atomic E-state index is -0.876. The van der Waals surface area contributed by atoms with Gasteiger partial charge in [-0.2, -0.15) is 0 Å². The van der Waals surface area contributed by atoms with E-state index in [4.69, 9.17) is 29.2 Å². The Bertz CT molecular complexity index is 786. The Morgan fingerprint density at radius 3 is 2.83 bits per heavy atom. The standard InChI is InChI=1S/C21H26F2N2O2S2/c1-4-10-27-21(26)20(13(2)3)24-17(28)11-15-8-9-18(29)25(15)12-14-6-5-7-16(22)19(14)23/h4-7,13,15,20H,1,8-12H2,2-3H3,(H,24,28)/t15-,20-/m0/s1. The molecule has 158 valence electrons. The zero-order chi connectivity index (χ0) is 21.6. The van der Waals surface area contributed by atoms with E-state index in [1.54, 1.807) is 6.07 Å². The quantitative estimate of drug-likeness (QED) is 0.351. The highest BCUT2D eigenvalue weighted by Gasteiger charge is 2.31. The predicted molar refractivity (Wildman–Crippen MR) is 118 cm³/mol. The Balaban J connectivity index is 2.03. The van der Waals surface area contributed by atoms with Crippen LogP contribution in [-0.4, -0.2) is 39.5 Å². The maximum absolute atomic E-state index is 14.1. The molecule has 0 radical (unpaired) electrons. The summed E-state index contributed by atoms with van der Waals surface area (Å²) in [7, 11) is 0. The molecule has 0 aromatic heterocycles. The Kier molecular flexibility index (Phi) is 8.64. The molecule has 1 saturated heterocycles. The average molecular weight is 441 g/mol. The van der Waals surface area contributed by atoms with Gasteiger partial charge in [-0.15, -0.1) is 0 Å². The summed E-state index contributed by atoms with van der Waals surface area (Å²) in [5, 5.41) is 3.09. The van der Waals surface area contributed by atoms with E-state index in [1.165, 1.54) is 12.1 Å². The number of nitrogens with zero attached hydrogens (tertiary/aromatic N) is 1. The van der Waals surface area contributed by atoms with Crippen molar-refractivity contribution in [3.8, 4) is 0 Å². The first-order valence-electron chi connectivity index (χ1n) is 9.53. The lowest BCUT2D eigenvalue weighted by molar-refractivity contribution is -0.145. The smallest absolute Gasteiger partial charge is 0.329 e. The van der Waals surface area contributed by atoms with Crippen LogP contribution in [0.3, 0.4) is 0 Å². The Morgan fingerprint density at radius 1 is 1.45 bits per heavy atom. The third kappa shape index (κ3) is 6.27. The summed E-state index contributed by atoms with van der Waals surface area (Å²) in [6.45, 7) is 7.66. The molecule has 2 atom stereocenters. The highest BCUT2D eigenvalue weighted by Crippen LogP contribution is 2.26. The van der Waals surface area contributed by atoms with Gasteiger partial charge < -0.3 is 15.0 Å². The second-order valence-electron chi connectivity index (χ2n) is 7.34. The molecule has 1 N–H and O–H groups in total. The van der Waals surface area contributed by atoms with E-state index < -0.39 is 17.7 Å². The van der Waals surface area contributed by atoms with E-state index >= 15 is 0 Å². The van der Waals surface area contributed by atoms with Crippen LogP contribution in [0.2, 0.25) is 0 Å². The second kappa shape index (κ2) is 10.7. The van der Waals surface area contributed by atoms with Crippen molar-refractivity contribution < 1.29 is 18.3 Å². The van der Waals surface area contributed by atoms with E-state index in [2.05, 4.69) is 11.9 Å². The molecule has 4 nitrogen and oxygen atoms in total. The number of nitrogens with one attached hydrogen (secondary N) is 1. The predicted octanol–water partition coefficient (Wildman–Crippen LogP) is 4.32. The van der Waals surface area contributed by atoms with Crippen LogP contribution in [0.1, 0.15) is 38.7 Å². The number of likely N-dealkylation sites (tertiary alicyclic amines) is 1. The lowest BCUT2D eigenvalue weighted by Crippen LogP contribution is -2.46. The van der Waals surface area contributed by atoms with E-state index in [0.717, 1.165) is 12.5 Å². The largest absolute Gasteiger partial charge is 0.460 e. The fourth-order valence-electron chi connectivity index (χ4n) is 3.25. The number of hydrogen-bond acceptors (Lipinski definition) is 4.